The average Bonchev–Trinajstić information content (AvgIpc) is 2.98. The van der Waals surface area contributed by atoms with Crippen LogP contribution in [0.3, 0.4) is 0 Å². The number of nitrogens with zero attached hydrogens (tertiary/aromatic N) is 6. The van der Waals surface area contributed by atoms with Gasteiger partial charge in [-0.1, -0.05) is 12.1 Å². The van der Waals surface area contributed by atoms with Crippen LogP contribution in [0, 0.1) is 11.3 Å². The van der Waals surface area contributed by atoms with E-state index in [1.807, 2.05) is 28.8 Å². The fourth-order valence-corrected chi connectivity index (χ4v) is 2.42. The maximum absolute atomic E-state index is 8.82. The molecule has 7 nitrogen and oxygen atoms in total. The Morgan fingerprint density at radius 3 is 2.74 bits per heavy atom. The Morgan fingerprint density at radius 2 is 2.00 bits per heavy atom. The topological polar surface area (TPSA) is 96.7 Å². The lowest BCUT2D eigenvalue weighted by Gasteiger charge is -2.17. The molecule has 0 radical (unpaired) electrons. The van der Waals surface area contributed by atoms with E-state index in [2.05, 4.69) is 33.0 Å². The van der Waals surface area contributed by atoms with Gasteiger partial charge in [0.1, 0.15) is 11.8 Å². The molecule has 7 heteroatoms. The van der Waals surface area contributed by atoms with E-state index in [4.69, 9.17) is 11.0 Å². The van der Waals surface area contributed by atoms with Crippen molar-refractivity contribution in [2.75, 3.05) is 19.3 Å². The lowest BCUT2D eigenvalue weighted by Crippen LogP contribution is -2.22. The number of hydrogen-bond donors (Lipinski definition) is 1. The van der Waals surface area contributed by atoms with Crippen molar-refractivity contribution in [2.45, 2.75) is 13.1 Å². The van der Waals surface area contributed by atoms with Crippen LogP contribution < -0.4 is 5.73 Å². The SMILES string of the molecule is CN(CCn1cnc2c(N)ncnc21)Cc1ccc(C#N)cc1. The molecule has 3 rings (SSSR count). The van der Waals surface area contributed by atoms with Crippen molar-refractivity contribution < 1.29 is 0 Å². The molecule has 0 spiro atoms. The Morgan fingerprint density at radius 1 is 1.22 bits per heavy atom. The predicted molar refractivity (Wildman–Crippen MR) is 87.2 cm³/mol. The minimum atomic E-state index is 0.402. The number of rotatable bonds is 5. The van der Waals surface area contributed by atoms with Gasteiger partial charge in [-0.05, 0) is 24.7 Å². The lowest BCUT2D eigenvalue weighted by atomic mass is 10.1. The van der Waals surface area contributed by atoms with Crippen molar-refractivity contribution in [1.29, 1.82) is 5.26 Å². The van der Waals surface area contributed by atoms with Crippen molar-refractivity contribution in [3.8, 4) is 6.07 Å². The Labute approximate surface area is 134 Å². The van der Waals surface area contributed by atoms with Crippen molar-refractivity contribution in [3.05, 3.63) is 48.0 Å². The molecule has 0 fully saturated rings. The lowest BCUT2D eigenvalue weighted by molar-refractivity contribution is 0.313. The molecule has 0 saturated carbocycles. The van der Waals surface area contributed by atoms with Crippen molar-refractivity contribution >= 4 is 17.0 Å². The molecule has 2 aromatic heterocycles. The molecule has 23 heavy (non-hydrogen) atoms. The van der Waals surface area contributed by atoms with E-state index >= 15 is 0 Å². The van der Waals surface area contributed by atoms with Gasteiger partial charge in [0, 0.05) is 19.6 Å². The van der Waals surface area contributed by atoms with Crippen LogP contribution in [0.25, 0.3) is 11.2 Å². The molecular weight excluding hydrogens is 290 g/mol. The zero-order valence-electron chi connectivity index (χ0n) is 12.8. The second-order valence-electron chi connectivity index (χ2n) is 5.42. The zero-order chi connectivity index (χ0) is 16.2. The smallest absolute Gasteiger partial charge is 0.165 e. The highest BCUT2D eigenvalue weighted by molar-refractivity contribution is 5.81. The first-order chi connectivity index (χ1) is 11.2. The fraction of sp³-hybridized carbons (Fsp3) is 0.250. The molecule has 2 N–H and O–H groups in total. The maximum Gasteiger partial charge on any atom is 0.165 e. The first kappa shape index (κ1) is 14.9. The van der Waals surface area contributed by atoms with Gasteiger partial charge in [-0.15, -0.1) is 0 Å². The summed E-state index contributed by atoms with van der Waals surface area (Å²) in [6.45, 7) is 2.42. The van der Waals surface area contributed by atoms with E-state index in [9.17, 15) is 0 Å². The van der Waals surface area contributed by atoms with Gasteiger partial charge in [-0.25, -0.2) is 15.0 Å². The molecule has 1 aromatic carbocycles. The standard InChI is InChI=1S/C16H17N7/c1-22(9-13-4-2-12(8-17)3-5-13)6-7-23-11-21-14-15(18)19-10-20-16(14)23/h2-5,10-11H,6-7,9H2,1H3,(H2,18,19,20). The molecule has 0 atom stereocenters. The van der Waals surface area contributed by atoms with E-state index in [1.165, 1.54) is 11.9 Å². The van der Waals surface area contributed by atoms with Gasteiger partial charge in [-0.3, -0.25) is 0 Å². The monoisotopic (exact) mass is 307 g/mol. The first-order valence-electron chi connectivity index (χ1n) is 7.26. The second-order valence-corrected chi connectivity index (χ2v) is 5.42. The summed E-state index contributed by atoms with van der Waals surface area (Å²) < 4.78 is 1.97. The number of anilines is 1. The van der Waals surface area contributed by atoms with Crippen LogP contribution in [0.5, 0.6) is 0 Å². The van der Waals surface area contributed by atoms with Crippen LogP contribution in [-0.2, 0) is 13.1 Å². The highest BCUT2D eigenvalue weighted by atomic mass is 15.2. The van der Waals surface area contributed by atoms with Gasteiger partial charge in [0.05, 0.1) is 18.0 Å². The van der Waals surface area contributed by atoms with Crippen LogP contribution in [0.4, 0.5) is 5.82 Å². The largest absolute Gasteiger partial charge is 0.382 e. The van der Waals surface area contributed by atoms with Crippen molar-refractivity contribution in [3.63, 3.8) is 0 Å². The molecule has 0 aliphatic rings. The number of nitriles is 1. The number of aromatic nitrogens is 4. The number of benzene rings is 1. The third-order valence-electron chi connectivity index (χ3n) is 3.69. The van der Waals surface area contributed by atoms with Gasteiger partial charge in [0.15, 0.2) is 11.5 Å². The Bertz CT molecular complexity index is 845. The summed E-state index contributed by atoms with van der Waals surface area (Å²) in [6.07, 6.45) is 3.20. The number of imidazole rings is 1. The highest BCUT2D eigenvalue weighted by Crippen LogP contribution is 2.14. The van der Waals surface area contributed by atoms with Crippen molar-refractivity contribution in [2.24, 2.45) is 0 Å². The molecule has 0 aliphatic heterocycles. The van der Waals surface area contributed by atoms with E-state index in [1.54, 1.807) is 6.33 Å². The maximum atomic E-state index is 8.82. The molecule has 2 heterocycles. The summed E-state index contributed by atoms with van der Waals surface area (Å²) >= 11 is 0. The average molecular weight is 307 g/mol. The fourth-order valence-electron chi connectivity index (χ4n) is 2.42. The number of hydrogen-bond acceptors (Lipinski definition) is 6. The molecular formula is C16H17N7. The van der Waals surface area contributed by atoms with Gasteiger partial charge in [-0.2, -0.15) is 5.26 Å². The zero-order valence-corrected chi connectivity index (χ0v) is 12.8. The third kappa shape index (κ3) is 3.27. The summed E-state index contributed by atoms with van der Waals surface area (Å²) in [5.41, 5.74) is 9.04. The minimum absolute atomic E-state index is 0.402. The number of fused-ring (bicyclic) bond motifs is 1. The third-order valence-corrected chi connectivity index (χ3v) is 3.69. The van der Waals surface area contributed by atoms with Crippen LogP contribution >= 0.6 is 0 Å². The molecule has 0 unspecified atom stereocenters. The van der Waals surface area contributed by atoms with Gasteiger partial charge < -0.3 is 15.2 Å². The van der Waals surface area contributed by atoms with Crippen LogP contribution in [-0.4, -0.2) is 38.0 Å². The molecule has 0 amide bonds. The van der Waals surface area contributed by atoms with E-state index in [0.717, 1.165) is 25.3 Å². The van der Waals surface area contributed by atoms with Gasteiger partial charge in [0.25, 0.3) is 0 Å². The van der Waals surface area contributed by atoms with Crippen molar-refractivity contribution in [1.82, 2.24) is 24.4 Å². The predicted octanol–water partition coefficient (Wildman–Crippen LogP) is 1.41. The summed E-state index contributed by atoms with van der Waals surface area (Å²) in [5.74, 6) is 0.402. The van der Waals surface area contributed by atoms with Gasteiger partial charge >= 0.3 is 0 Å². The number of nitrogen functional groups attached to an aromatic ring is 1. The van der Waals surface area contributed by atoms with Crippen LogP contribution in [0.2, 0.25) is 0 Å². The molecule has 116 valence electrons. The second kappa shape index (κ2) is 6.42. The summed E-state index contributed by atoms with van der Waals surface area (Å²) in [6, 6.07) is 9.77. The summed E-state index contributed by atoms with van der Waals surface area (Å²) in [4.78, 5) is 14.7. The highest BCUT2D eigenvalue weighted by Gasteiger charge is 2.08. The van der Waals surface area contributed by atoms with Gasteiger partial charge in [0.2, 0.25) is 0 Å². The number of likely N-dealkylation sites (N-methyl/N-ethyl adjacent to an activating group) is 1. The quantitative estimate of drug-likeness (QED) is 0.765. The summed E-state index contributed by atoms with van der Waals surface area (Å²) in [5, 5.41) is 8.82. The molecule has 0 saturated heterocycles. The normalized spacial score (nSPS) is 11.0. The molecule has 0 aliphatic carbocycles. The van der Waals surface area contributed by atoms with Crippen LogP contribution in [0.15, 0.2) is 36.9 Å². The first-order valence-corrected chi connectivity index (χ1v) is 7.26. The Balaban J connectivity index is 1.62. The Kier molecular flexibility index (Phi) is 4.17. The van der Waals surface area contributed by atoms with Crippen LogP contribution in [0.1, 0.15) is 11.1 Å². The summed E-state index contributed by atoms with van der Waals surface area (Å²) in [7, 11) is 2.06. The van der Waals surface area contributed by atoms with E-state index in [0.29, 0.717) is 16.9 Å². The number of nitrogens with two attached hydrogens (primary N) is 1. The Hall–Kier alpha value is -2.98. The molecule has 0 bridgehead atoms. The van der Waals surface area contributed by atoms with E-state index in [-0.39, 0.29) is 0 Å². The minimum Gasteiger partial charge on any atom is -0.382 e. The van der Waals surface area contributed by atoms with E-state index < -0.39 is 0 Å². The molecule has 3 aromatic rings.